The van der Waals surface area contributed by atoms with Gasteiger partial charge in [-0.3, -0.25) is 9.59 Å². The van der Waals surface area contributed by atoms with Crippen LogP contribution in [0.25, 0.3) is 0 Å². The molecule has 2 amide bonds. The number of ketones is 1. The van der Waals surface area contributed by atoms with Crippen molar-refractivity contribution in [3.05, 3.63) is 35.9 Å². The van der Waals surface area contributed by atoms with E-state index in [1.54, 1.807) is 13.8 Å². The van der Waals surface area contributed by atoms with E-state index in [1.807, 2.05) is 30.3 Å². The third-order valence-electron chi connectivity index (χ3n) is 4.09. The highest BCUT2D eigenvalue weighted by atomic mass is 16.6. The Labute approximate surface area is 130 Å². The monoisotopic (exact) mass is 303 g/mol. The van der Waals surface area contributed by atoms with Gasteiger partial charge in [0.25, 0.3) is 0 Å². The van der Waals surface area contributed by atoms with Crippen molar-refractivity contribution < 1.29 is 19.1 Å². The van der Waals surface area contributed by atoms with Crippen molar-refractivity contribution >= 4 is 17.8 Å². The highest BCUT2D eigenvalue weighted by Crippen LogP contribution is 2.26. The van der Waals surface area contributed by atoms with E-state index in [2.05, 4.69) is 0 Å². The molecule has 5 nitrogen and oxygen atoms in total. The number of cyclic esters (lactones) is 1. The summed E-state index contributed by atoms with van der Waals surface area (Å²) in [6.07, 6.45) is -0.0630. The molecule has 1 saturated heterocycles. The number of ether oxygens (including phenoxy) is 1. The zero-order valence-electron chi connectivity index (χ0n) is 13.2. The first-order valence-electron chi connectivity index (χ1n) is 7.35. The van der Waals surface area contributed by atoms with E-state index in [0.29, 0.717) is 6.42 Å². The van der Waals surface area contributed by atoms with Gasteiger partial charge in [-0.25, -0.2) is 9.69 Å². The van der Waals surface area contributed by atoms with E-state index in [9.17, 15) is 14.4 Å². The summed E-state index contributed by atoms with van der Waals surface area (Å²) in [5.74, 6) is -0.434. The molecule has 0 radical (unpaired) electrons. The van der Waals surface area contributed by atoms with Gasteiger partial charge in [-0.1, -0.05) is 44.2 Å². The minimum absolute atomic E-state index is 0.00270. The molecule has 5 heteroatoms. The van der Waals surface area contributed by atoms with Crippen molar-refractivity contribution in [1.29, 1.82) is 0 Å². The van der Waals surface area contributed by atoms with E-state index in [0.717, 1.165) is 10.5 Å². The Balaban J connectivity index is 2.11. The summed E-state index contributed by atoms with van der Waals surface area (Å²) in [5, 5.41) is 0. The lowest BCUT2D eigenvalue weighted by atomic mass is 9.84. The number of nitrogens with zero attached hydrogens (tertiary/aromatic N) is 1. The molecule has 0 unspecified atom stereocenters. The highest BCUT2D eigenvalue weighted by molar-refractivity contribution is 5.96. The summed E-state index contributed by atoms with van der Waals surface area (Å²) in [5.41, 5.74) is 0.256. The standard InChI is InChI=1S/C17H21NO4/c1-12(19)17(2,3)10-15(20)18-14(11-22-16(18)21)9-13-7-5-4-6-8-13/h4-8,14H,9-11H2,1-3H3/t14-/m1/s1. The van der Waals surface area contributed by atoms with Crippen LogP contribution in [0, 0.1) is 5.41 Å². The lowest BCUT2D eigenvalue weighted by Crippen LogP contribution is -2.42. The number of rotatable bonds is 5. The van der Waals surface area contributed by atoms with Crippen molar-refractivity contribution in [2.45, 2.75) is 39.7 Å². The summed E-state index contributed by atoms with van der Waals surface area (Å²) in [4.78, 5) is 37.1. The molecule has 0 aromatic heterocycles. The fourth-order valence-corrected chi connectivity index (χ4v) is 2.39. The van der Waals surface area contributed by atoms with Gasteiger partial charge in [0.15, 0.2) is 0 Å². The van der Waals surface area contributed by atoms with Gasteiger partial charge in [-0.05, 0) is 18.9 Å². The molecule has 0 spiro atoms. The number of benzene rings is 1. The summed E-state index contributed by atoms with van der Waals surface area (Å²) in [6, 6.07) is 9.33. The molecular formula is C17H21NO4. The van der Waals surface area contributed by atoms with Gasteiger partial charge >= 0.3 is 6.09 Å². The second-order valence-electron chi connectivity index (χ2n) is 6.30. The lowest BCUT2D eigenvalue weighted by molar-refractivity contribution is -0.136. The third kappa shape index (κ3) is 3.53. The number of amides is 2. The smallest absolute Gasteiger partial charge is 0.416 e. The Kier molecular flexibility index (Phi) is 4.64. The van der Waals surface area contributed by atoms with Crippen LogP contribution < -0.4 is 0 Å². The molecule has 1 aromatic carbocycles. The molecule has 2 rings (SSSR count). The van der Waals surface area contributed by atoms with Crippen LogP contribution in [0.2, 0.25) is 0 Å². The number of imide groups is 1. The van der Waals surface area contributed by atoms with Gasteiger partial charge in [-0.15, -0.1) is 0 Å². The molecule has 0 bridgehead atoms. The molecule has 1 heterocycles. The molecule has 1 atom stereocenters. The minimum Gasteiger partial charge on any atom is -0.447 e. The highest BCUT2D eigenvalue weighted by Gasteiger charge is 2.40. The third-order valence-corrected chi connectivity index (χ3v) is 4.09. The van der Waals surface area contributed by atoms with E-state index >= 15 is 0 Å². The first-order valence-corrected chi connectivity index (χ1v) is 7.35. The Morgan fingerprint density at radius 1 is 1.27 bits per heavy atom. The van der Waals surface area contributed by atoms with Gasteiger partial charge in [0, 0.05) is 11.8 Å². The molecule has 1 fully saturated rings. The number of hydrogen-bond acceptors (Lipinski definition) is 4. The molecule has 1 aromatic rings. The first kappa shape index (κ1) is 16.2. The zero-order chi connectivity index (χ0) is 16.3. The number of carbonyl (C=O) groups excluding carboxylic acids is 3. The maximum Gasteiger partial charge on any atom is 0.416 e. The van der Waals surface area contributed by atoms with Crippen LogP contribution in [0.1, 0.15) is 32.8 Å². The van der Waals surface area contributed by atoms with Crippen LogP contribution in [-0.2, 0) is 20.7 Å². The van der Waals surface area contributed by atoms with Gasteiger partial charge in [0.05, 0.1) is 6.04 Å². The van der Waals surface area contributed by atoms with Crippen molar-refractivity contribution in [3.8, 4) is 0 Å². The van der Waals surface area contributed by atoms with Crippen molar-refractivity contribution in [3.63, 3.8) is 0 Å². The van der Waals surface area contributed by atoms with Crippen LogP contribution in [0.3, 0.4) is 0 Å². The van der Waals surface area contributed by atoms with E-state index in [4.69, 9.17) is 4.74 Å². The van der Waals surface area contributed by atoms with E-state index < -0.39 is 11.5 Å². The average Bonchev–Trinajstić information content (AvgIpc) is 2.80. The van der Waals surface area contributed by atoms with E-state index in [-0.39, 0.29) is 30.8 Å². The van der Waals surface area contributed by atoms with Gasteiger partial charge < -0.3 is 4.74 Å². The number of carbonyl (C=O) groups is 3. The minimum atomic E-state index is -0.781. The largest absolute Gasteiger partial charge is 0.447 e. The van der Waals surface area contributed by atoms with Gasteiger partial charge in [0.2, 0.25) is 5.91 Å². The molecule has 0 saturated carbocycles. The maximum absolute atomic E-state index is 12.4. The summed E-state index contributed by atoms with van der Waals surface area (Å²) < 4.78 is 5.03. The van der Waals surface area contributed by atoms with E-state index in [1.165, 1.54) is 6.92 Å². The normalized spacial score (nSPS) is 18.2. The van der Waals surface area contributed by atoms with Gasteiger partial charge in [-0.2, -0.15) is 0 Å². The summed E-state index contributed by atoms with van der Waals surface area (Å²) in [6.45, 7) is 5.07. The molecule has 118 valence electrons. The van der Waals surface area contributed by atoms with Crippen LogP contribution >= 0.6 is 0 Å². The lowest BCUT2D eigenvalue weighted by Gasteiger charge is -2.25. The van der Waals surface area contributed by atoms with Crippen LogP contribution in [-0.4, -0.2) is 35.3 Å². The van der Waals surface area contributed by atoms with Crippen LogP contribution in [0.5, 0.6) is 0 Å². The zero-order valence-corrected chi connectivity index (χ0v) is 13.2. The van der Waals surface area contributed by atoms with Crippen LogP contribution in [0.15, 0.2) is 30.3 Å². The fraction of sp³-hybridized carbons (Fsp3) is 0.471. The van der Waals surface area contributed by atoms with Gasteiger partial charge in [0.1, 0.15) is 12.4 Å². The van der Waals surface area contributed by atoms with Crippen molar-refractivity contribution in [2.75, 3.05) is 6.61 Å². The predicted molar refractivity (Wildman–Crippen MR) is 81.2 cm³/mol. The second kappa shape index (κ2) is 6.30. The number of hydrogen-bond donors (Lipinski definition) is 0. The quantitative estimate of drug-likeness (QED) is 0.838. The maximum atomic E-state index is 12.4. The molecular weight excluding hydrogens is 282 g/mol. The average molecular weight is 303 g/mol. The second-order valence-corrected chi connectivity index (χ2v) is 6.30. The van der Waals surface area contributed by atoms with Crippen molar-refractivity contribution in [1.82, 2.24) is 4.90 Å². The molecule has 1 aliphatic heterocycles. The molecule has 0 N–H and O–H groups in total. The first-order chi connectivity index (χ1) is 10.3. The van der Waals surface area contributed by atoms with Crippen LogP contribution in [0.4, 0.5) is 4.79 Å². The number of Topliss-reactive ketones (excluding diaryl/α,β-unsaturated/α-hetero) is 1. The predicted octanol–water partition coefficient (Wildman–Crippen LogP) is 2.58. The molecule has 0 aliphatic carbocycles. The fourth-order valence-electron chi connectivity index (χ4n) is 2.39. The Morgan fingerprint density at radius 2 is 1.91 bits per heavy atom. The van der Waals surface area contributed by atoms with Crippen molar-refractivity contribution in [2.24, 2.45) is 5.41 Å². The summed E-state index contributed by atoms with van der Waals surface area (Å²) >= 11 is 0. The molecule has 1 aliphatic rings. The Hall–Kier alpha value is -2.17. The SMILES string of the molecule is CC(=O)C(C)(C)CC(=O)N1C(=O)OC[C@H]1Cc1ccccc1. The Morgan fingerprint density at radius 3 is 2.50 bits per heavy atom. The Bertz CT molecular complexity index is 580. The summed E-state index contributed by atoms with van der Waals surface area (Å²) in [7, 11) is 0. The topological polar surface area (TPSA) is 63.7 Å². The molecule has 22 heavy (non-hydrogen) atoms.